The first-order valence-corrected chi connectivity index (χ1v) is 6.12. The van der Waals surface area contributed by atoms with Crippen LogP contribution >= 0.6 is 0 Å². The van der Waals surface area contributed by atoms with Crippen LogP contribution in [0, 0.1) is 6.92 Å². The lowest BCUT2D eigenvalue weighted by Crippen LogP contribution is -2.27. The van der Waals surface area contributed by atoms with Gasteiger partial charge in [0, 0.05) is 24.9 Å². The van der Waals surface area contributed by atoms with Crippen molar-refractivity contribution in [3.05, 3.63) is 41.3 Å². The fourth-order valence-corrected chi connectivity index (χ4v) is 1.88. The molecule has 1 heterocycles. The summed E-state index contributed by atoms with van der Waals surface area (Å²) in [6, 6.07) is 6.78. The second kappa shape index (κ2) is 5.64. The average Bonchev–Trinajstić information content (AvgIpc) is 2.83. The Hall–Kier alpha value is -2.50. The minimum Gasteiger partial charge on any atom is -0.497 e. The zero-order chi connectivity index (χ0) is 14.7. The number of aromatic nitrogens is 1. The summed E-state index contributed by atoms with van der Waals surface area (Å²) < 4.78 is 10.0. The highest BCUT2D eigenvalue weighted by molar-refractivity contribution is 5.99. The van der Waals surface area contributed by atoms with Crippen LogP contribution in [0.1, 0.15) is 21.8 Å². The van der Waals surface area contributed by atoms with Crippen molar-refractivity contribution in [1.29, 1.82) is 0 Å². The van der Waals surface area contributed by atoms with Gasteiger partial charge in [0.15, 0.2) is 0 Å². The van der Waals surface area contributed by atoms with Crippen LogP contribution in [-0.4, -0.2) is 30.1 Å². The van der Waals surface area contributed by atoms with Gasteiger partial charge in [0.1, 0.15) is 17.2 Å². The molecule has 2 aromatic rings. The van der Waals surface area contributed by atoms with Gasteiger partial charge in [0.05, 0.1) is 19.2 Å². The van der Waals surface area contributed by atoms with Crippen LogP contribution < -0.4 is 10.5 Å². The van der Waals surface area contributed by atoms with Gasteiger partial charge in [0.25, 0.3) is 5.91 Å². The van der Waals surface area contributed by atoms with Crippen molar-refractivity contribution >= 4 is 11.6 Å². The van der Waals surface area contributed by atoms with Crippen LogP contribution in [0.2, 0.25) is 0 Å². The average molecular weight is 275 g/mol. The Labute approximate surface area is 117 Å². The smallest absolute Gasteiger partial charge is 0.256 e. The Balaban J connectivity index is 2.14. The van der Waals surface area contributed by atoms with Crippen LogP contribution in [0.3, 0.4) is 0 Å². The molecular formula is C14H17N3O3. The van der Waals surface area contributed by atoms with Crippen LogP contribution in [0.15, 0.2) is 28.8 Å². The summed E-state index contributed by atoms with van der Waals surface area (Å²) in [6.07, 6.45) is 0. The lowest BCUT2D eigenvalue weighted by Gasteiger charge is -2.17. The number of carbonyl (C=O) groups excluding carboxylic acids is 1. The number of methoxy groups -OCH3 is 1. The third-order valence-electron chi connectivity index (χ3n) is 2.91. The van der Waals surface area contributed by atoms with E-state index in [0.29, 0.717) is 35.0 Å². The van der Waals surface area contributed by atoms with Crippen molar-refractivity contribution in [3.63, 3.8) is 0 Å². The van der Waals surface area contributed by atoms with Crippen molar-refractivity contribution in [2.24, 2.45) is 0 Å². The van der Waals surface area contributed by atoms with Gasteiger partial charge < -0.3 is 19.9 Å². The van der Waals surface area contributed by atoms with Gasteiger partial charge in [-0.05, 0) is 19.1 Å². The van der Waals surface area contributed by atoms with E-state index in [2.05, 4.69) is 5.16 Å². The first kappa shape index (κ1) is 13.9. The predicted molar refractivity (Wildman–Crippen MR) is 74.4 cm³/mol. The molecule has 0 bridgehead atoms. The van der Waals surface area contributed by atoms with E-state index in [1.165, 1.54) is 4.90 Å². The molecule has 1 amide bonds. The van der Waals surface area contributed by atoms with Crippen molar-refractivity contribution in [2.75, 3.05) is 19.9 Å². The number of nitrogen functional groups attached to an aromatic ring is 1. The number of rotatable bonds is 4. The number of hydrogen-bond acceptors (Lipinski definition) is 5. The van der Waals surface area contributed by atoms with Crippen molar-refractivity contribution in [3.8, 4) is 5.75 Å². The standard InChI is InChI=1S/C14H17N3O3/c1-9-6-10(16-20-9)8-17(2)14(18)12-5-4-11(19-3)7-13(12)15/h4-7H,8,15H2,1-3H3. The zero-order valence-electron chi connectivity index (χ0n) is 11.7. The van der Waals surface area contributed by atoms with Gasteiger partial charge in [-0.3, -0.25) is 4.79 Å². The predicted octanol–water partition coefficient (Wildman–Crippen LogP) is 1.85. The van der Waals surface area contributed by atoms with Gasteiger partial charge in [-0.25, -0.2) is 0 Å². The quantitative estimate of drug-likeness (QED) is 0.861. The Morgan fingerprint density at radius 2 is 2.20 bits per heavy atom. The Morgan fingerprint density at radius 3 is 2.75 bits per heavy atom. The maximum absolute atomic E-state index is 12.3. The first-order chi connectivity index (χ1) is 9.51. The minimum absolute atomic E-state index is 0.175. The zero-order valence-corrected chi connectivity index (χ0v) is 11.7. The number of nitrogens with two attached hydrogens (primary N) is 1. The molecular weight excluding hydrogens is 258 g/mol. The third kappa shape index (κ3) is 2.90. The van der Waals surface area contributed by atoms with E-state index in [1.807, 2.05) is 0 Å². The maximum atomic E-state index is 12.3. The molecule has 0 aliphatic heterocycles. The number of benzene rings is 1. The Kier molecular flexibility index (Phi) is 3.93. The van der Waals surface area contributed by atoms with Crippen LogP contribution in [0.25, 0.3) is 0 Å². The van der Waals surface area contributed by atoms with E-state index in [9.17, 15) is 4.79 Å². The van der Waals surface area contributed by atoms with E-state index in [-0.39, 0.29) is 5.91 Å². The van der Waals surface area contributed by atoms with E-state index < -0.39 is 0 Å². The summed E-state index contributed by atoms with van der Waals surface area (Å²) in [7, 11) is 3.24. The lowest BCUT2D eigenvalue weighted by atomic mass is 10.1. The van der Waals surface area contributed by atoms with Gasteiger partial charge >= 0.3 is 0 Å². The molecule has 6 nitrogen and oxygen atoms in total. The molecule has 0 spiro atoms. The third-order valence-corrected chi connectivity index (χ3v) is 2.91. The van der Waals surface area contributed by atoms with Crippen LogP contribution in [-0.2, 0) is 6.54 Å². The number of aryl methyl sites for hydroxylation is 1. The van der Waals surface area contributed by atoms with Gasteiger partial charge in [-0.15, -0.1) is 0 Å². The van der Waals surface area contributed by atoms with E-state index in [0.717, 1.165) is 0 Å². The Morgan fingerprint density at radius 1 is 1.45 bits per heavy atom. The number of anilines is 1. The topological polar surface area (TPSA) is 81.6 Å². The van der Waals surface area contributed by atoms with E-state index >= 15 is 0 Å². The lowest BCUT2D eigenvalue weighted by molar-refractivity contribution is 0.0783. The number of carbonyl (C=O) groups is 1. The molecule has 0 atom stereocenters. The summed E-state index contributed by atoms with van der Waals surface area (Å²) >= 11 is 0. The molecule has 20 heavy (non-hydrogen) atoms. The minimum atomic E-state index is -0.175. The van der Waals surface area contributed by atoms with Gasteiger partial charge in [0.2, 0.25) is 0 Å². The molecule has 0 unspecified atom stereocenters. The molecule has 6 heteroatoms. The second-order valence-corrected chi connectivity index (χ2v) is 4.54. The molecule has 0 aliphatic carbocycles. The number of amides is 1. The molecule has 1 aromatic carbocycles. The van der Waals surface area contributed by atoms with E-state index in [4.69, 9.17) is 15.0 Å². The molecule has 0 radical (unpaired) electrons. The molecule has 2 rings (SSSR count). The highest BCUT2D eigenvalue weighted by Crippen LogP contribution is 2.21. The summed E-state index contributed by atoms with van der Waals surface area (Å²) in [5, 5.41) is 3.86. The molecule has 2 N–H and O–H groups in total. The monoisotopic (exact) mass is 275 g/mol. The number of ether oxygens (including phenoxy) is 1. The molecule has 0 saturated carbocycles. The second-order valence-electron chi connectivity index (χ2n) is 4.54. The summed E-state index contributed by atoms with van der Waals surface area (Å²) in [4.78, 5) is 13.9. The van der Waals surface area contributed by atoms with Crippen molar-refractivity contribution < 1.29 is 14.1 Å². The molecule has 106 valence electrons. The number of hydrogen-bond donors (Lipinski definition) is 1. The van der Waals surface area contributed by atoms with Crippen LogP contribution in [0.4, 0.5) is 5.69 Å². The van der Waals surface area contributed by atoms with E-state index in [1.54, 1.807) is 45.3 Å². The summed E-state index contributed by atoms with van der Waals surface area (Å²) in [5.74, 6) is 1.16. The Bertz CT molecular complexity index is 622. The summed E-state index contributed by atoms with van der Waals surface area (Å²) in [5.41, 5.74) is 7.40. The van der Waals surface area contributed by atoms with Crippen molar-refractivity contribution in [1.82, 2.24) is 10.1 Å². The highest BCUT2D eigenvalue weighted by Gasteiger charge is 2.16. The first-order valence-electron chi connectivity index (χ1n) is 6.12. The normalized spacial score (nSPS) is 10.3. The maximum Gasteiger partial charge on any atom is 0.256 e. The largest absolute Gasteiger partial charge is 0.497 e. The fourth-order valence-electron chi connectivity index (χ4n) is 1.88. The number of nitrogens with zero attached hydrogens (tertiary/aromatic N) is 2. The molecule has 0 aliphatic rings. The fraction of sp³-hybridized carbons (Fsp3) is 0.286. The molecule has 0 fully saturated rings. The molecule has 1 aromatic heterocycles. The van der Waals surface area contributed by atoms with Gasteiger partial charge in [-0.2, -0.15) is 0 Å². The van der Waals surface area contributed by atoms with Crippen molar-refractivity contribution in [2.45, 2.75) is 13.5 Å². The van der Waals surface area contributed by atoms with Crippen LogP contribution in [0.5, 0.6) is 5.75 Å². The molecule has 0 saturated heterocycles. The highest BCUT2D eigenvalue weighted by atomic mass is 16.5. The van der Waals surface area contributed by atoms with Gasteiger partial charge in [-0.1, -0.05) is 5.16 Å². The SMILES string of the molecule is COc1ccc(C(=O)N(C)Cc2cc(C)on2)c(N)c1. The summed E-state index contributed by atoms with van der Waals surface area (Å²) in [6.45, 7) is 2.17.